The first kappa shape index (κ1) is 30.3. The highest BCUT2D eigenvalue weighted by Gasteiger charge is 2.32. The molecule has 10 nitrogen and oxygen atoms in total. The van der Waals surface area contributed by atoms with Crippen molar-refractivity contribution < 1.29 is 32.2 Å². The molecule has 1 aromatic heterocycles. The van der Waals surface area contributed by atoms with Crippen molar-refractivity contribution in [3.05, 3.63) is 71.4 Å². The van der Waals surface area contributed by atoms with E-state index in [2.05, 4.69) is 10.0 Å². The van der Waals surface area contributed by atoms with Crippen molar-refractivity contribution in [3.63, 3.8) is 0 Å². The molecule has 0 fully saturated rings. The number of aliphatic hydroxyl groups excluding tert-OH is 1. The van der Waals surface area contributed by atoms with Crippen LogP contribution in [-0.2, 0) is 21.2 Å². The number of ether oxygens (including phenoxy) is 1. The molecule has 3 aromatic rings. The maximum Gasteiger partial charge on any atom is 0.321 e. The Labute approximate surface area is 242 Å². The third-order valence-corrected chi connectivity index (χ3v) is 9.60. The van der Waals surface area contributed by atoms with Gasteiger partial charge in [-0.15, -0.1) is 11.3 Å². The number of hydrogen-bond donors (Lipinski definition) is 3. The quantitative estimate of drug-likeness (QED) is 0.357. The topological polar surface area (TPSA) is 128 Å². The number of thiophene rings is 1. The number of benzene rings is 2. The molecule has 0 saturated carbocycles. The van der Waals surface area contributed by atoms with Crippen LogP contribution >= 0.6 is 11.3 Å². The molecule has 3 atom stereocenters. The predicted molar refractivity (Wildman–Crippen MR) is 155 cm³/mol. The smallest absolute Gasteiger partial charge is 0.321 e. The fraction of sp³-hybridized carbons (Fsp3) is 0.357. The van der Waals surface area contributed by atoms with Crippen LogP contribution in [0.5, 0.6) is 5.75 Å². The molecular formula is C28H33FN4O6S2. The molecule has 1 aliphatic heterocycles. The van der Waals surface area contributed by atoms with Gasteiger partial charge < -0.3 is 25.0 Å². The summed E-state index contributed by atoms with van der Waals surface area (Å²) >= 11 is 1.09. The average molecular weight is 605 g/mol. The van der Waals surface area contributed by atoms with Crippen LogP contribution in [0.3, 0.4) is 0 Å². The predicted octanol–water partition coefficient (Wildman–Crippen LogP) is 4.00. The van der Waals surface area contributed by atoms with Gasteiger partial charge in [0.2, 0.25) is 5.91 Å². The summed E-state index contributed by atoms with van der Waals surface area (Å²) < 4.78 is 47.9. The number of carbonyl (C=O) groups excluding carboxylic acids is 2. The third-order valence-electron chi connectivity index (χ3n) is 6.82. The summed E-state index contributed by atoms with van der Waals surface area (Å²) in [5.74, 6) is -0.525. The van der Waals surface area contributed by atoms with E-state index >= 15 is 0 Å². The monoisotopic (exact) mass is 604 g/mol. The van der Waals surface area contributed by atoms with E-state index in [4.69, 9.17) is 4.74 Å². The van der Waals surface area contributed by atoms with E-state index in [-0.39, 0.29) is 47.8 Å². The number of carbonyl (C=O) groups is 2. The number of nitrogens with one attached hydrogen (secondary N) is 2. The number of rotatable bonds is 8. The molecule has 1 aliphatic rings. The van der Waals surface area contributed by atoms with Gasteiger partial charge in [0.05, 0.1) is 25.6 Å². The molecule has 220 valence electrons. The Balaban J connectivity index is 1.60. The van der Waals surface area contributed by atoms with E-state index in [9.17, 15) is 27.5 Å². The second-order valence-corrected chi connectivity index (χ2v) is 12.9. The van der Waals surface area contributed by atoms with E-state index in [0.717, 1.165) is 11.3 Å². The highest BCUT2D eigenvalue weighted by molar-refractivity contribution is 7.94. The number of anilines is 2. The lowest BCUT2D eigenvalue weighted by molar-refractivity contribution is -0.134. The lowest BCUT2D eigenvalue weighted by Gasteiger charge is -2.34. The first-order chi connectivity index (χ1) is 19.5. The molecule has 0 radical (unpaired) electrons. The average Bonchev–Trinajstić information content (AvgIpc) is 3.50. The van der Waals surface area contributed by atoms with E-state index < -0.39 is 34.0 Å². The van der Waals surface area contributed by atoms with Crippen LogP contribution in [0.1, 0.15) is 19.4 Å². The number of sulfonamides is 1. The first-order valence-electron chi connectivity index (χ1n) is 13.0. The molecule has 41 heavy (non-hydrogen) atoms. The van der Waals surface area contributed by atoms with Crippen LogP contribution in [-0.4, -0.2) is 74.2 Å². The van der Waals surface area contributed by atoms with Crippen molar-refractivity contribution in [3.8, 4) is 5.75 Å². The zero-order chi connectivity index (χ0) is 29.7. The SMILES string of the molecule is C[C@@H]1CN([C@@H](C)CO)C(=O)Cc2cc(NS(=O)(=O)c3cccs3)ccc2O[C@H]1CN(C)C(=O)Nc1ccc(F)cc1. The third kappa shape index (κ3) is 7.54. The molecule has 13 heteroatoms. The van der Waals surface area contributed by atoms with Crippen LogP contribution < -0.4 is 14.8 Å². The second-order valence-electron chi connectivity index (χ2n) is 10.1. The fourth-order valence-corrected chi connectivity index (χ4v) is 6.48. The Morgan fingerprint density at radius 2 is 1.93 bits per heavy atom. The van der Waals surface area contributed by atoms with Crippen LogP contribution in [0, 0.1) is 11.7 Å². The Morgan fingerprint density at radius 3 is 2.59 bits per heavy atom. The Hall–Kier alpha value is -3.68. The minimum Gasteiger partial charge on any atom is -0.488 e. The van der Waals surface area contributed by atoms with Gasteiger partial charge in [0.15, 0.2) is 0 Å². The summed E-state index contributed by atoms with van der Waals surface area (Å²) in [6, 6.07) is 12.4. The van der Waals surface area contributed by atoms with Gasteiger partial charge in [-0.2, -0.15) is 0 Å². The van der Waals surface area contributed by atoms with Gasteiger partial charge in [-0.05, 0) is 60.8 Å². The minimum absolute atomic E-state index is 0.0748. The molecule has 0 saturated heterocycles. The lowest BCUT2D eigenvalue weighted by atomic mass is 10.0. The number of amides is 3. The minimum atomic E-state index is -3.81. The number of nitrogens with zero attached hydrogens (tertiary/aromatic N) is 2. The van der Waals surface area contributed by atoms with Crippen LogP contribution in [0.4, 0.5) is 20.6 Å². The number of halogens is 1. The fourth-order valence-electron chi connectivity index (χ4n) is 4.44. The Morgan fingerprint density at radius 1 is 1.22 bits per heavy atom. The first-order valence-corrected chi connectivity index (χ1v) is 15.4. The van der Waals surface area contributed by atoms with Crippen molar-refractivity contribution in [2.75, 3.05) is 36.8 Å². The number of likely N-dealkylation sites (N-methyl/N-ethyl adjacent to an activating group) is 1. The summed E-state index contributed by atoms with van der Waals surface area (Å²) in [6.07, 6.45) is -0.639. The normalized spacial score (nSPS) is 18.3. The van der Waals surface area contributed by atoms with Crippen LogP contribution in [0.2, 0.25) is 0 Å². The van der Waals surface area contributed by atoms with Crippen LogP contribution in [0.15, 0.2) is 64.2 Å². The van der Waals surface area contributed by atoms with Crippen molar-refractivity contribution in [2.24, 2.45) is 5.92 Å². The molecule has 3 amide bonds. The highest BCUT2D eigenvalue weighted by atomic mass is 32.2. The lowest BCUT2D eigenvalue weighted by Crippen LogP contribution is -2.48. The maximum atomic E-state index is 13.4. The van der Waals surface area contributed by atoms with E-state index in [1.165, 1.54) is 35.2 Å². The molecule has 4 rings (SSSR count). The Kier molecular flexibility index (Phi) is 9.51. The number of fused-ring (bicyclic) bond motifs is 1. The molecule has 2 aromatic carbocycles. The van der Waals surface area contributed by atoms with Crippen molar-refractivity contribution in [2.45, 2.75) is 36.6 Å². The van der Waals surface area contributed by atoms with Gasteiger partial charge >= 0.3 is 6.03 Å². The van der Waals surface area contributed by atoms with Crippen LogP contribution in [0.25, 0.3) is 0 Å². The zero-order valence-corrected chi connectivity index (χ0v) is 24.5. The van der Waals surface area contributed by atoms with E-state index in [0.29, 0.717) is 17.0 Å². The summed E-state index contributed by atoms with van der Waals surface area (Å²) in [6.45, 7) is 3.82. The van der Waals surface area contributed by atoms with Crippen molar-refractivity contribution in [1.29, 1.82) is 0 Å². The highest BCUT2D eigenvalue weighted by Crippen LogP contribution is 2.30. The number of aliphatic hydroxyl groups is 1. The van der Waals surface area contributed by atoms with Gasteiger partial charge in [-0.25, -0.2) is 17.6 Å². The van der Waals surface area contributed by atoms with E-state index in [1.54, 1.807) is 48.5 Å². The number of hydrogen-bond acceptors (Lipinski definition) is 7. The van der Waals surface area contributed by atoms with Gasteiger partial charge in [-0.1, -0.05) is 13.0 Å². The maximum absolute atomic E-state index is 13.4. The van der Waals surface area contributed by atoms with Gasteiger partial charge in [0.1, 0.15) is 21.9 Å². The molecular weight excluding hydrogens is 571 g/mol. The molecule has 2 heterocycles. The molecule has 0 bridgehead atoms. The molecule has 0 spiro atoms. The summed E-state index contributed by atoms with van der Waals surface area (Å²) in [5.41, 5.74) is 1.17. The molecule has 3 N–H and O–H groups in total. The summed E-state index contributed by atoms with van der Waals surface area (Å²) in [7, 11) is -2.21. The standard InChI is InChI=1S/C28H33FN4O6S2/c1-18-15-33(19(2)17-34)26(35)14-20-13-23(31-41(37,38)27-5-4-12-40-27)10-11-24(20)39-25(18)16-32(3)28(36)30-22-8-6-21(29)7-9-22/h4-13,18-19,25,31,34H,14-17H2,1-3H3,(H,30,36)/t18-,19+,25+/m1/s1. The zero-order valence-electron chi connectivity index (χ0n) is 22.9. The molecule has 0 unspecified atom stereocenters. The van der Waals surface area contributed by atoms with Crippen molar-refractivity contribution >= 4 is 44.7 Å². The van der Waals surface area contributed by atoms with Gasteiger partial charge in [0, 0.05) is 36.4 Å². The van der Waals surface area contributed by atoms with E-state index in [1.807, 2.05) is 6.92 Å². The second kappa shape index (κ2) is 12.9. The Bertz CT molecular complexity index is 1470. The van der Waals surface area contributed by atoms with Gasteiger partial charge in [0.25, 0.3) is 10.0 Å². The largest absolute Gasteiger partial charge is 0.488 e. The van der Waals surface area contributed by atoms with Gasteiger partial charge in [-0.3, -0.25) is 9.52 Å². The summed E-state index contributed by atoms with van der Waals surface area (Å²) in [5, 5.41) is 14.2. The number of urea groups is 1. The summed E-state index contributed by atoms with van der Waals surface area (Å²) in [4.78, 5) is 29.3. The van der Waals surface area contributed by atoms with Crippen molar-refractivity contribution in [1.82, 2.24) is 9.80 Å². The molecule has 0 aliphatic carbocycles.